The van der Waals surface area contributed by atoms with E-state index in [9.17, 15) is 43.2 Å². The summed E-state index contributed by atoms with van der Waals surface area (Å²) in [5.41, 5.74) is 0. The summed E-state index contributed by atoms with van der Waals surface area (Å²) in [5.74, 6) is -0.625. The highest BCUT2D eigenvalue weighted by atomic mass is 31.2. The second kappa shape index (κ2) is 66.4. The van der Waals surface area contributed by atoms with Gasteiger partial charge in [-0.1, -0.05) is 310 Å². The lowest BCUT2D eigenvalue weighted by atomic mass is 10.00. The zero-order valence-corrected chi connectivity index (χ0v) is 62.5. The van der Waals surface area contributed by atoms with E-state index in [1.807, 2.05) is 0 Å². The van der Waals surface area contributed by atoms with Crippen molar-refractivity contribution in [2.45, 2.75) is 381 Å². The zero-order valence-electron chi connectivity index (χ0n) is 60.7. The number of hydrogen-bond acceptors (Lipinski definition) is 15. The molecule has 0 bridgehead atoms. The van der Waals surface area contributed by atoms with Crippen molar-refractivity contribution in [2.75, 3.05) is 39.6 Å². The number of carbonyl (C=O) groups excluding carboxylic acids is 4. The van der Waals surface area contributed by atoms with E-state index in [0.29, 0.717) is 25.7 Å². The molecular weight excluding hydrogens is 1230 g/mol. The summed E-state index contributed by atoms with van der Waals surface area (Å²) in [5, 5.41) is 10.6. The normalized spacial score (nSPS) is 14.5. The van der Waals surface area contributed by atoms with Crippen LogP contribution < -0.4 is 0 Å². The van der Waals surface area contributed by atoms with Crippen LogP contribution in [0.2, 0.25) is 0 Å². The second-order valence-electron chi connectivity index (χ2n) is 27.1. The lowest BCUT2D eigenvalue weighted by Gasteiger charge is -2.21. The summed E-state index contributed by atoms with van der Waals surface area (Å²) in [7, 11) is -9.92. The van der Waals surface area contributed by atoms with Gasteiger partial charge < -0.3 is 33.8 Å². The number of allylic oxidation sites excluding steroid dienone is 4. The second-order valence-corrected chi connectivity index (χ2v) is 30.0. The molecule has 0 spiro atoms. The molecule has 0 aromatic heterocycles. The lowest BCUT2D eigenvalue weighted by molar-refractivity contribution is -0.161. The monoisotopic (exact) mass is 1380 g/mol. The summed E-state index contributed by atoms with van der Waals surface area (Å²) in [6.07, 6.45) is 56.4. The van der Waals surface area contributed by atoms with Crippen LogP contribution in [0.15, 0.2) is 24.3 Å². The summed E-state index contributed by atoms with van der Waals surface area (Å²) < 4.78 is 68.4. The number of esters is 4. The first-order valence-electron chi connectivity index (χ1n) is 38.3. The maximum atomic E-state index is 13.1. The molecule has 0 heterocycles. The lowest BCUT2D eigenvalue weighted by Crippen LogP contribution is -2.30. The van der Waals surface area contributed by atoms with Crippen LogP contribution in [-0.2, 0) is 65.4 Å². The Bertz CT molecular complexity index is 1920. The van der Waals surface area contributed by atoms with Gasteiger partial charge in [-0.3, -0.25) is 37.3 Å². The minimum Gasteiger partial charge on any atom is -0.462 e. The zero-order chi connectivity index (χ0) is 69.3. The molecule has 0 aromatic rings. The average molecular weight is 1380 g/mol. The van der Waals surface area contributed by atoms with Crippen LogP contribution in [0, 0.1) is 11.8 Å². The van der Waals surface area contributed by atoms with Gasteiger partial charge in [0.05, 0.1) is 26.4 Å². The van der Waals surface area contributed by atoms with Gasteiger partial charge in [-0.05, 0) is 63.2 Å². The van der Waals surface area contributed by atoms with Gasteiger partial charge in [0.2, 0.25) is 0 Å². The topological polar surface area (TPSA) is 237 Å². The molecule has 0 aliphatic carbocycles. The van der Waals surface area contributed by atoms with Gasteiger partial charge in [0.1, 0.15) is 19.3 Å². The number of unbranched alkanes of at least 4 members (excludes halogenated alkanes) is 38. The van der Waals surface area contributed by atoms with Crippen molar-refractivity contribution in [2.24, 2.45) is 11.8 Å². The summed E-state index contributed by atoms with van der Waals surface area (Å²) in [6.45, 7) is 9.49. The molecule has 94 heavy (non-hydrogen) atoms. The highest BCUT2D eigenvalue weighted by Crippen LogP contribution is 2.45. The summed E-state index contributed by atoms with van der Waals surface area (Å²) in [4.78, 5) is 72.7. The molecular formula is C75H142O17P2. The minimum atomic E-state index is -4.96. The van der Waals surface area contributed by atoms with Crippen molar-refractivity contribution in [3.05, 3.63) is 24.3 Å². The van der Waals surface area contributed by atoms with E-state index in [4.69, 9.17) is 37.0 Å². The summed E-state index contributed by atoms with van der Waals surface area (Å²) in [6, 6.07) is 0. The maximum Gasteiger partial charge on any atom is 0.472 e. The van der Waals surface area contributed by atoms with Crippen LogP contribution in [-0.4, -0.2) is 96.7 Å². The largest absolute Gasteiger partial charge is 0.472 e. The molecule has 17 nitrogen and oxygen atoms in total. The van der Waals surface area contributed by atoms with Gasteiger partial charge in [0.15, 0.2) is 12.2 Å². The van der Waals surface area contributed by atoms with E-state index in [1.165, 1.54) is 161 Å². The number of ether oxygens (including phenoxy) is 4. The molecule has 6 atom stereocenters. The third kappa shape index (κ3) is 66.8. The average Bonchev–Trinajstić information content (AvgIpc) is 1.29. The predicted octanol–water partition coefficient (Wildman–Crippen LogP) is 21.5. The van der Waals surface area contributed by atoms with E-state index in [-0.39, 0.29) is 25.7 Å². The Morgan fingerprint density at radius 3 is 0.957 bits per heavy atom. The molecule has 0 radical (unpaired) electrons. The van der Waals surface area contributed by atoms with E-state index in [1.54, 1.807) is 0 Å². The van der Waals surface area contributed by atoms with Crippen LogP contribution in [0.3, 0.4) is 0 Å². The Labute approximate surface area is 573 Å². The third-order valence-corrected chi connectivity index (χ3v) is 19.1. The molecule has 19 heteroatoms. The Balaban J connectivity index is 5.25. The molecule has 0 aromatic carbocycles. The van der Waals surface area contributed by atoms with Crippen LogP contribution in [0.4, 0.5) is 0 Å². The first-order chi connectivity index (χ1) is 45.4. The van der Waals surface area contributed by atoms with Gasteiger partial charge in [-0.2, -0.15) is 0 Å². The first-order valence-corrected chi connectivity index (χ1v) is 41.3. The highest BCUT2D eigenvalue weighted by Gasteiger charge is 2.30. The number of phosphoric ester groups is 2. The molecule has 554 valence electrons. The quantitative estimate of drug-likeness (QED) is 0.0169. The molecule has 0 rings (SSSR count). The molecule has 0 saturated carbocycles. The standard InChI is InChI=1S/C75H142O17P2/c1-7-10-12-14-16-18-20-21-24-28-31-35-39-46-52-58-73(78)85-63-70(91-74(79)59-53-47-40-36-32-29-26-23-22-25-27-30-33-37-43-49-55-67(4)5)65-89-93(81,82)87-61-69(76)62-88-94(83,84)90-66-71(92-75(80)60-54-48-42-41-44-50-56-68(6)9-3)64-86-72(77)57-51-45-38-34-19-17-15-13-11-8-2/h18,20-21,24,67-71,76H,7-17,19,22-23,25-66H2,1-6H3,(H,81,82)(H,83,84)/b20-18-,24-21-/t68?,69-,70-,71-/m1/s1. The summed E-state index contributed by atoms with van der Waals surface area (Å²) >= 11 is 0. The van der Waals surface area contributed by atoms with Crippen molar-refractivity contribution in [1.29, 1.82) is 0 Å². The Morgan fingerprint density at radius 2 is 0.628 bits per heavy atom. The number of aliphatic hydroxyl groups excluding tert-OH is 1. The molecule has 0 aliphatic rings. The number of hydrogen-bond donors (Lipinski definition) is 3. The van der Waals surface area contributed by atoms with E-state index in [0.717, 1.165) is 121 Å². The van der Waals surface area contributed by atoms with Crippen LogP contribution in [0.1, 0.15) is 363 Å². The molecule has 0 fully saturated rings. The smallest absolute Gasteiger partial charge is 0.462 e. The van der Waals surface area contributed by atoms with Crippen molar-refractivity contribution in [3.8, 4) is 0 Å². The first kappa shape index (κ1) is 91.5. The fourth-order valence-electron chi connectivity index (χ4n) is 10.9. The van der Waals surface area contributed by atoms with Crippen molar-refractivity contribution >= 4 is 39.5 Å². The van der Waals surface area contributed by atoms with Gasteiger partial charge in [-0.15, -0.1) is 0 Å². The number of carbonyl (C=O) groups is 4. The maximum absolute atomic E-state index is 13.1. The van der Waals surface area contributed by atoms with E-state index in [2.05, 4.69) is 65.8 Å². The number of phosphoric acid groups is 2. The molecule has 0 amide bonds. The third-order valence-electron chi connectivity index (χ3n) is 17.2. The Kier molecular flexibility index (Phi) is 64.7. The predicted molar refractivity (Wildman–Crippen MR) is 381 cm³/mol. The Hall–Kier alpha value is -2.46. The van der Waals surface area contributed by atoms with Crippen LogP contribution in [0.5, 0.6) is 0 Å². The fraction of sp³-hybridized carbons (Fsp3) is 0.893. The fourth-order valence-corrected chi connectivity index (χ4v) is 12.5. The van der Waals surface area contributed by atoms with Gasteiger partial charge in [0.25, 0.3) is 0 Å². The molecule has 0 saturated heterocycles. The van der Waals surface area contributed by atoms with Crippen LogP contribution in [0.25, 0.3) is 0 Å². The Morgan fingerprint density at radius 1 is 0.351 bits per heavy atom. The number of aliphatic hydroxyl groups is 1. The molecule has 3 unspecified atom stereocenters. The van der Waals surface area contributed by atoms with Crippen molar-refractivity contribution < 1.29 is 80.2 Å². The van der Waals surface area contributed by atoms with Crippen molar-refractivity contribution in [3.63, 3.8) is 0 Å². The number of rotatable bonds is 72. The molecule has 0 aliphatic heterocycles. The SMILES string of the molecule is CCCCCC/C=C\C=C/CCCCCCCC(=O)OC[C@H](COP(=O)(O)OC[C@@H](O)COP(=O)(O)OC[C@@H](COC(=O)CCCCCCCCCCCC)OC(=O)CCCCCCCCC(C)CC)OC(=O)CCCCCCCCCCCCCCCCCCC(C)C. The van der Waals surface area contributed by atoms with Gasteiger partial charge in [-0.25, -0.2) is 9.13 Å². The van der Waals surface area contributed by atoms with Crippen LogP contribution >= 0.6 is 15.6 Å². The minimum absolute atomic E-state index is 0.101. The van der Waals surface area contributed by atoms with Gasteiger partial charge in [0, 0.05) is 25.7 Å². The highest BCUT2D eigenvalue weighted by molar-refractivity contribution is 7.47. The van der Waals surface area contributed by atoms with Gasteiger partial charge >= 0.3 is 39.5 Å². The molecule has 3 N–H and O–H groups in total. The van der Waals surface area contributed by atoms with Crippen molar-refractivity contribution in [1.82, 2.24) is 0 Å². The van der Waals surface area contributed by atoms with E-state index < -0.39 is 97.5 Å². The van der Waals surface area contributed by atoms with E-state index >= 15 is 0 Å².